The first-order chi connectivity index (χ1) is 10.2. The molecule has 1 amide bonds. The van der Waals surface area contributed by atoms with E-state index in [1.807, 2.05) is 19.1 Å². The van der Waals surface area contributed by atoms with Crippen molar-refractivity contribution in [1.82, 2.24) is 10.6 Å². The number of amides is 1. The van der Waals surface area contributed by atoms with Crippen molar-refractivity contribution >= 4 is 5.91 Å². The third-order valence-corrected chi connectivity index (χ3v) is 4.31. The Morgan fingerprint density at radius 3 is 2.38 bits per heavy atom. The quantitative estimate of drug-likeness (QED) is 0.810. The van der Waals surface area contributed by atoms with Crippen molar-refractivity contribution in [2.75, 3.05) is 7.11 Å². The smallest absolute Gasteiger partial charge is 0.237 e. The summed E-state index contributed by atoms with van der Waals surface area (Å²) in [7, 11) is 1.68. The summed E-state index contributed by atoms with van der Waals surface area (Å²) >= 11 is 0. The molecule has 0 radical (unpaired) electrons. The fourth-order valence-electron chi connectivity index (χ4n) is 2.64. The van der Waals surface area contributed by atoms with Crippen molar-refractivity contribution in [2.45, 2.75) is 50.7 Å². The first kappa shape index (κ1) is 14.4. The van der Waals surface area contributed by atoms with Crippen molar-refractivity contribution < 1.29 is 9.53 Å². The second-order valence-electron chi connectivity index (χ2n) is 6.26. The Balaban J connectivity index is 1.64. The minimum Gasteiger partial charge on any atom is -0.497 e. The van der Waals surface area contributed by atoms with Crippen molar-refractivity contribution in [3.63, 3.8) is 0 Å². The highest BCUT2D eigenvalue weighted by atomic mass is 16.5. The first-order valence-electron chi connectivity index (χ1n) is 7.87. The SMILES string of the molecule is COc1ccc(C(NC(C)C(=O)NC2CC2)C2CC2)cc1. The van der Waals surface area contributed by atoms with Gasteiger partial charge in [0.15, 0.2) is 0 Å². The fraction of sp³-hybridized carbons (Fsp3) is 0.588. The van der Waals surface area contributed by atoms with E-state index < -0.39 is 0 Å². The van der Waals surface area contributed by atoms with Gasteiger partial charge < -0.3 is 10.1 Å². The van der Waals surface area contributed by atoms with Crippen LogP contribution < -0.4 is 15.4 Å². The molecule has 3 rings (SSSR count). The molecule has 0 spiro atoms. The second kappa shape index (κ2) is 6.06. The van der Waals surface area contributed by atoms with Crippen LogP contribution in [0.3, 0.4) is 0 Å². The van der Waals surface area contributed by atoms with E-state index in [2.05, 4.69) is 22.8 Å². The molecule has 0 aromatic heterocycles. The molecule has 2 fully saturated rings. The third-order valence-electron chi connectivity index (χ3n) is 4.31. The molecule has 2 atom stereocenters. The third kappa shape index (κ3) is 3.76. The van der Waals surface area contributed by atoms with Crippen LogP contribution >= 0.6 is 0 Å². The molecular weight excluding hydrogens is 264 g/mol. The molecule has 2 aliphatic carbocycles. The van der Waals surface area contributed by atoms with Gasteiger partial charge in [-0.1, -0.05) is 12.1 Å². The molecule has 2 aliphatic rings. The number of rotatable bonds is 7. The number of methoxy groups -OCH3 is 1. The molecule has 4 heteroatoms. The Bertz CT molecular complexity index is 492. The summed E-state index contributed by atoms with van der Waals surface area (Å²) in [6.45, 7) is 1.95. The Morgan fingerprint density at radius 2 is 1.86 bits per heavy atom. The molecule has 2 unspecified atom stereocenters. The zero-order valence-electron chi connectivity index (χ0n) is 12.8. The lowest BCUT2D eigenvalue weighted by atomic mass is 10.0. The van der Waals surface area contributed by atoms with Crippen LogP contribution in [0.1, 0.15) is 44.2 Å². The number of hydrogen-bond donors (Lipinski definition) is 2. The van der Waals surface area contributed by atoms with E-state index in [9.17, 15) is 4.79 Å². The molecule has 114 valence electrons. The lowest BCUT2D eigenvalue weighted by Gasteiger charge is -2.23. The number of nitrogens with one attached hydrogen (secondary N) is 2. The fourth-order valence-corrected chi connectivity index (χ4v) is 2.64. The van der Waals surface area contributed by atoms with Gasteiger partial charge in [-0.3, -0.25) is 10.1 Å². The Labute approximate surface area is 126 Å². The highest BCUT2D eigenvalue weighted by molar-refractivity contribution is 5.81. The van der Waals surface area contributed by atoms with Gasteiger partial charge in [0.25, 0.3) is 0 Å². The molecule has 0 heterocycles. The van der Waals surface area contributed by atoms with Crippen LogP contribution in [0.5, 0.6) is 5.75 Å². The maximum Gasteiger partial charge on any atom is 0.237 e. The zero-order valence-corrected chi connectivity index (χ0v) is 12.8. The average Bonchev–Trinajstić information content (AvgIpc) is 3.37. The van der Waals surface area contributed by atoms with Crippen LogP contribution in [0.4, 0.5) is 0 Å². The maximum atomic E-state index is 12.1. The lowest BCUT2D eigenvalue weighted by molar-refractivity contribution is -0.123. The monoisotopic (exact) mass is 288 g/mol. The van der Waals surface area contributed by atoms with Gasteiger partial charge >= 0.3 is 0 Å². The van der Waals surface area contributed by atoms with Crippen LogP contribution in [-0.4, -0.2) is 25.1 Å². The van der Waals surface area contributed by atoms with E-state index in [0.717, 1.165) is 18.6 Å². The number of hydrogen-bond acceptors (Lipinski definition) is 3. The van der Waals surface area contributed by atoms with Gasteiger partial charge in [0.1, 0.15) is 5.75 Å². The summed E-state index contributed by atoms with van der Waals surface area (Å²) in [6.07, 6.45) is 4.73. The minimum atomic E-state index is -0.154. The first-order valence-corrected chi connectivity index (χ1v) is 7.87. The largest absolute Gasteiger partial charge is 0.497 e. The van der Waals surface area contributed by atoms with Crippen molar-refractivity contribution in [3.05, 3.63) is 29.8 Å². The molecule has 2 N–H and O–H groups in total. The van der Waals surface area contributed by atoms with E-state index in [-0.39, 0.29) is 18.0 Å². The molecule has 2 saturated carbocycles. The van der Waals surface area contributed by atoms with E-state index in [1.165, 1.54) is 18.4 Å². The number of ether oxygens (including phenoxy) is 1. The molecule has 1 aromatic rings. The van der Waals surface area contributed by atoms with Crippen molar-refractivity contribution in [2.24, 2.45) is 5.92 Å². The number of carbonyl (C=O) groups excluding carboxylic acids is 1. The van der Waals surface area contributed by atoms with E-state index in [4.69, 9.17) is 4.74 Å². The predicted octanol–water partition coefficient (Wildman–Crippen LogP) is 2.40. The van der Waals surface area contributed by atoms with E-state index in [1.54, 1.807) is 7.11 Å². The van der Waals surface area contributed by atoms with E-state index in [0.29, 0.717) is 12.0 Å². The van der Waals surface area contributed by atoms with Crippen LogP contribution in [0.25, 0.3) is 0 Å². The highest BCUT2D eigenvalue weighted by Crippen LogP contribution is 2.41. The lowest BCUT2D eigenvalue weighted by Crippen LogP contribution is -2.44. The summed E-state index contributed by atoms with van der Waals surface area (Å²) in [5.74, 6) is 1.64. The normalized spacial score (nSPS) is 20.7. The molecule has 4 nitrogen and oxygen atoms in total. The predicted molar refractivity (Wildman–Crippen MR) is 82.2 cm³/mol. The van der Waals surface area contributed by atoms with Gasteiger partial charge in [0.2, 0.25) is 5.91 Å². The summed E-state index contributed by atoms with van der Waals surface area (Å²) in [6, 6.07) is 8.69. The maximum absolute atomic E-state index is 12.1. The summed E-state index contributed by atoms with van der Waals surface area (Å²) in [5.41, 5.74) is 1.24. The molecular formula is C17H24N2O2. The minimum absolute atomic E-state index is 0.122. The van der Waals surface area contributed by atoms with E-state index >= 15 is 0 Å². The second-order valence-corrected chi connectivity index (χ2v) is 6.26. The molecule has 21 heavy (non-hydrogen) atoms. The van der Waals surface area contributed by atoms with Crippen molar-refractivity contribution in [3.8, 4) is 5.75 Å². The Kier molecular flexibility index (Phi) is 4.15. The molecule has 1 aromatic carbocycles. The standard InChI is InChI=1S/C17H24N2O2/c1-11(17(20)19-14-7-8-14)18-16(12-3-4-12)13-5-9-15(21-2)10-6-13/h5-6,9-12,14,16,18H,3-4,7-8H2,1-2H3,(H,19,20). The van der Waals surface area contributed by atoms with Crippen LogP contribution in [0, 0.1) is 5.92 Å². The Morgan fingerprint density at radius 1 is 1.19 bits per heavy atom. The van der Waals surface area contributed by atoms with Gasteiger partial charge in [-0.15, -0.1) is 0 Å². The van der Waals surface area contributed by atoms with Gasteiger partial charge in [0.05, 0.1) is 13.2 Å². The highest BCUT2D eigenvalue weighted by Gasteiger charge is 2.34. The Hall–Kier alpha value is -1.55. The summed E-state index contributed by atoms with van der Waals surface area (Å²) in [4.78, 5) is 12.1. The average molecular weight is 288 g/mol. The molecule has 0 saturated heterocycles. The molecule has 0 bridgehead atoms. The zero-order chi connectivity index (χ0) is 14.8. The van der Waals surface area contributed by atoms with Gasteiger partial charge in [0, 0.05) is 12.1 Å². The number of benzene rings is 1. The van der Waals surface area contributed by atoms with Gasteiger partial charge in [-0.25, -0.2) is 0 Å². The van der Waals surface area contributed by atoms with Gasteiger partial charge in [-0.2, -0.15) is 0 Å². The van der Waals surface area contributed by atoms with Gasteiger partial charge in [-0.05, 0) is 56.2 Å². The van der Waals surface area contributed by atoms with Crippen LogP contribution in [0.2, 0.25) is 0 Å². The van der Waals surface area contributed by atoms with Crippen LogP contribution in [-0.2, 0) is 4.79 Å². The van der Waals surface area contributed by atoms with Crippen molar-refractivity contribution in [1.29, 1.82) is 0 Å². The van der Waals surface area contributed by atoms with Crippen LogP contribution in [0.15, 0.2) is 24.3 Å². The molecule has 0 aliphatic heterocycles. The number of carbonyl (C=O) groups is 1. The summed E-state index contributed by atoms with van der Waals surface area (Å²) < 4.78 is 5.21. The summed E-state index contributed by atoms with van der Waals surface area (Å²) in [5, 5.41) is 6.58. The topological polar surface area (TPSA) is 50.4 Å².